The van der Waals surface area contributed by atoms with E-state index in [0.717, 1.165) is 51.3 Å². The number of nitrogens with one attached hydrogen (secondary N) is 1. The Morgan fingerprint density at radius 1 is 1.55 bits per heavy atom. The molecule has 0 bridgehead atoms. The standard InChI is InChI=1S/C14H23N5O/c1-14(5-6-15-9-14)13(20)19-7-3-4-11(8-19)12-17-16-10-18(12)2/h10-11,15H,3-9H2,1-2H3. The minimum Gasteiger partial charge on any atom is -0.341 e. The van der Waals surface area contributed by atoms with Gasteiger partial charge in [-0.15, -0.1) is 10.2 Å². The van der Waals surface area contributed by atoms with E-state index in [-0.39, 0.29) is 5.41 Å². The van der Waals surface area contributed by atoms with Crippen LogP contribution in [0.25, 0.3) is 0 Å². The van der Waals surface area contributed by atoms with Gasteiger partial charge in [-0.1, -0.05) is 0 Å². The number of amides is 1. The van der Waals surface area contributed by atoms with Crippen molar-refractivity contribution in [3.05, 3.63) is 12.2 Å². The predicted molar refractivity (Wildman–Crippen MR) is 75.2 cm³/mol. The fourth-order valence-corrected chi connectivity index (χ4v) is 3.42. The number of piperidine rings is 1. The average Bonchev–Trinajstić information content (AvgIpc) is 3.08. The van der Waals surface area contributed by atoms with Gasteiger partial charge >= 0.3 is 0 Å². The van der Waals surface area contributed by atoms with E-state index in [1.807, 2.05) is 16.5 Å². The molecule has 1 N–H and O–H groups in total. The van der Waals surface area contributed by atoms with Crippen molar-refractivity contribution >= 4 is 5.91 Å². The molecule has 1 aromatic rings. The summed E-state index contributed by atoms with van der Waals surface area (Å²) < 4.78 is 1.97. The molecule has 6 nitrogen and oxygen atoms in total. The molecular formula is C14H23N5O. The first-order chi connectivity index (χ1) is 9.60. The Labute approximate surface area is 119 Å². The van der Waals surface area contributed by atoms with E-state index in [1.165, 1.54) is 0 Å². The lowest BCUT2D eigenvalue weighted by molar-refractivity contribution is -0.141. The summed E-state index contributed by atoms with van der Waals surface area (Å²) in [4.78, 5) is 14.8. The van der Waals surface area contributed by atoms with Crippen molar-refractivity contribution in [3.63, 3.8) is 0 Å². The summed E-state index contributed by atoms with van der Waals surface area (Å²) in [6.07, 6.45) is 4.81. The molecule has 2 unspecified atom stereocenters. The van der Waals surface area contributed by atoms with E-state index in [4.69, 9.17) is 0 Å². The lowest BCUT2D eigenvalue weighted by Gasteiger charge is -2.37. The van der Waals surface area contributed by atoms with Crippen molar-refractivity contribution < 1.29 is 4.79 Å². The first-order valence-electron chi connectivity index (χ1n) is 7.44. The molecule has 6 heteroatoms. The summed E-state index contributed by atoms with van der Waals surface area (Å²) in [7, 11) is 1.97. The zero-order chi connectivity index (χ0) is 14.2. The number of likely N-dealkylation sites (tertiary alicyclic amines) is 1. The molecule has 1 amide bonds. The fourth-order valence-electron chi connectivity index (χ4n) is 3.42. The Hall–Kier alpha value is -1.43. The van der Waals surface area contributed by atoms with E-state index in [1.54, 1.807) is 6.33 Å². The Morgan fingerprint density at radius 2 is 2.40 bits per heavy atom. The molecule has 2 aliphatic heterocycles. The highest BCUT2D eigenvalue weighted by atomic mass is 16.2. The van der Waals surface area contributed by atoms with Crippen molar-refractivity contribution in [3.8, 4) is 0 Å². The third-order valence-corrected chi connectivity index (χ3v) is 4.71. The molecule has 2 fully saturated rings. The van der Waals surface area contributed by atoms with Gasteiger partial charge in [-0.25, -0.2) is 0 Å². The second kappa shape index (κ2) is 5.16. The summed E-state index contributed by atoms with van der Waals surface area (Å²) in [6, 6.07) is 0. The quantitative estimate of drug-likeness (QED) is 0.856. The first kappa shape index (κ1) is 13.5. The van der Waals surface area contributed by atoms with Crippen LogP contribution >= 0.6 is 0 Å². The van der Waals surface area contributed by atoms with Crippen LogP contribution in [0, 0.1) is 5.41 Å². The second-order valence-corrected chi connectivity index (χ2v) is 6.38. The summed E-state index contributed by atoms with van der Waals surface area (Å²) in [5.74, 6) is 1.62. The number of nitrogens with zero attached hydrogens (tertiary/aromatic N) is 4. The highest BCUT2D eigenvalue weighted by Gasteiger charge is 2.40. The summed E-state index contributed by atoms with van der Waals surface area (Å²) in [6.45, 7) is 5.49. The summed E-state index contributed by atoms with van der Waals surface area (Å²) >= 11 is 0. The molecule has 1 aromatic heterocycles. The number of rotatable bonds is 2. The predicted octanol–water partition coefficient (Wildman–Crippen LogP) is 0.521. The zero-order valence-corrected chi connectivity index (χ0v) is 12.3. The van der Waals surface area contributed by atoms with E-state index in [2.05, 4.69) is 22.4 Å². The maximum atomic E-state index is 12.8. The van der Waals surface area contributed by atoms with Crippen LogP contribution in [0.4, 0.5) is 0 Å². The molecule has 2 aliphatic rings. The number of aryl methyl sites for hydroxylation is 1. The molecule has 2 saturated heterocycles. The maximum absolute atomic E-state index is 12.8. The summed E-state index contributed by atoms with van der Waals surface area (Å²) in [5.41, 5.74) is -0.220. The Balaban J connectivity index is 1.72. The second-order valence-electron chi connectivity index (χ2n) is 6.38. The Kier molecular flexibility index (Phi) is 3.50. The molecule has 3 rings (SSSR count). The van der Waals surface area contributed by atoms with Crippen LogP contribution in [0.5, 0.6) is 0 Å². The van der Waals surface area contributed by atoms with Crippen molar-refractivity contribution in [1.82, 2.24) is 25.0 Å². The Morgan fingerprint density at radius 3 is 3.05 bits per heavy atom. The smallest absolute Gasteiger partial charge is 0.229 e. The van der Waals surface area contributed by atoms with E-state index in [9.17, 15) is 4.79 Å². The molecule has 2 atom stereocenters. The third kappa shape index (κ3) is 2.32. The normalized spacial score (nSPS) is 30.7. The first-order valence-corrected chi connectivity index (χ1v) is 7.44. The lowest BCUT2D eigenvalue weighted by atomic mass is 9.86. The third-order valence-electron chi connectivity index (χ3n) is 4.71. The SMILES string of the molecule is Cn1cnnc1C1CCCN(C(=O)C2(C)CCNC2)C1. The van der Waals surface area contributed by atoms with Crippen LogP contribution in [0.2, 0.25) is 0 Å². The van der Waals surface area contributed by atoms with Gasteiger partial charge in [0.15, 0.2) is 0 Å². The van der Waals surface area contributed by atoms with Crippen LogP contribution in [0.1, 0.15) is 37.9 Å². The zero-order valence-electron chi connectivity index (χ0n) is 12.3. The number of aromatic nitrogens is 3. The highest BCUT2D eigenvalue weighted by molar-refractivity contribution is 5.83. The fraction of sp³-hybridized carbons (Fsp3) is 0.786. The van der Waals surface area contributed by atoms with Gasteiger partial charge in [0.05, 0.1) is 5.41 Å². The van der Waals surface area contributed by atoms with Crippen LogP contribution in [-0.2, 0) is 11.8 Å². The topological polar surface area (TPSA) is 63.1 Å². The van der Waals surface area contributed by atoms with E-state index in [0.29, 0.717) is 11.8 Å². The van der Waals surface area contributed by atoms with Gasteiger partial charge in [-0.05, 0) is 32.7 Å². The van der Waals surface area contributed by atoms with Crippen LogP contribution in [0.15, 0.2) is 6.33 Å². The minimum atomic E-state index is -0.220. The molecule has 0 aliphatic carbocycles. The van der Waals surface area contributed by atoms with Crippen molar-refractivity contribution in [2.45, 2.75) is 32.1 Å². The van der Waals surface area contributed by atoms with Crippen LogP contribution < -0.4 is 5.32 Å². The number of hydrogen-bond acceptors (Lipinski definition) is 4. The molecule has 3 heterocycles. The largest absolute Gasteiger partial charge is 0.341 e. The molecule has 0 radical (unpaired) electrons. The van der Waals surface area contributed by atoms with Crippen molar-refractivity contribution in [1.29, 1.82) is 0 Å². The highest BCUT2D eigenvalue weighted by Crippen LogP contribution is 2.31. The molecular weight excluding hydrogens is 254 g/mol. The molecule has 0 spiro atoms. The average molecular weight is 277 g/mol. The Bertz CT molecular complexity index is 492. The lowest BCUT2D eigenvalue weighted by Crippen LogP contribution is -2.47. The number of carbonyl (C=O) groups excluding carboxylic acids is 1. The monoisotopic (exact) mass is 277 g/mol. The van der Waals surface area contributed by atoms with Crippen molar-refractivity contribution in [2.75, 3.05) is 26.2 Å². The summed E-state index contributed by atoms with van der Waals surface area (Å²) in [5, 5.41) is 11.5. The van der Waals surface area contributed by atoms with Crippen LogP contribution in [0.3, 0.4) is 0 Å². The molecule has 20 heavy (non-hydrogen) atoms. The van der Waals surface area contributed by atoms with Gasteiger partial charge in [0.25, 0.3) is 0 Å². The van der Waals surface area contributed by atoms with Gasteiger partial charge < -0.3 is 14.8 Å². The van der Waals surface area contributed by atoms with Gasteiger partial charge in [0.1, 0.15) is 12.2 Å². The molecule has 0 saturated carbocycles. The van der Waals surface area contributed by atoms with Gasteiger partial charge in [-0.3, -0.25) is 4.79 Å². The van der Waals surface area contributed by atoms with Crippen LogP contribution in [-0.4, -0.2) is 51.8 Å². The van der Waals surface area contributed by atoms with Crippen molar-refractivity contribution in [2.24, 2.45) is 12.5 Å². The van der Waals surface area contributed by atoms with Gasteiger partial charge in [-0.2, -0.15) is 0 Å². The minimum absolute atomic E-state index is 0.220. The number of hydrogen-bond donors (Lipinski definition) is 1. The van der Waals surface area contributed by atoms with E-state index < -0.39 is 0 Å². The van der Waals surface area contributed by atoms with Gasteiger partial charge in [0.2, 0.25) is 5.91 Å². The molecule has 110 valence electrons. The van der Waals surface area contributed by atoms with Gasteiger partial charge in [0, 0.05) is 32.6 Å². The van der Waals surface area contributed by atoms with E-state index >= 15 is 0 Å². The number of carbonyl (C=O) groups is 1. The maximum Gasteiger partial charge on any atom is 0.229 e. The molecule has 0 aromatic carbocycles.